The molecule has 1 fully saturated rings. The van der Waals surface area contributed by atoms with Crippen LogP contribution in [0.4, 0.5) is 27.6 Å². The highest BCUT2D eigenvalue weighted by atomic mass is 19.4. The number of hydrogen-bond acceptors (Lipinski definition) is 3. The standard InChI is InChI=1S/C12H13F5N2O/c13-7-2-3-8(18)10(9(7)14)20-11(12(15,16)17)4-1-5-19-6-11/h2-3,19H,1,4-6,18H2. The Balaban J connectivity index is 2.41. The Morgan fingerprint density at radius 2 is 1.95 bits per heavy atom. The molecule has 0 aliphatic carbocycles. The van der Waals surface area contributed by atoms with E-state index in [0.717, 1.165) is 12.1 Å². The van der Waals surface area contributed by atoms with E-state index in [1.807, 2.05) is 0 Å². The van der Waals surface area contributed by atoms with Gasteiger partial charge in [0.15, 0.2) is 11.6 Å². The number of piperidine rings is 1. The first kappa shape index (κ1) is 14.8. The van der Waals surface area contributed by atoms with Crippen molar-refractivity contribution in [2.24, 2.45) is 0 Å². The number of rotatable bonds is 2. The molecule has 2 rings (SSSR count). The van der Waals surface area contributed by atoms with E-state index in [-0.39, 0.29) is 18.5 Å². The third-order valence-corrected chi connectivity index (χ3v) is 3.24. The Labute approximate surface area is 111 Å². The van der Waals surface area contributed by atoms with E-state index in [1.54, 1.807) is 0 Å². The second kappa shape index (κ2) is 5.08. The normalized spacial score (nSPS) is 23.6. The summed E-state index contributed by atoms with van der Waals surface area (Å²) in [7, 11) is 0. The van der Waals surface area contributed by atoms with Gasteiger partial charge in [0.25, 0.3) is 0 Å². The molecule has 0 spiro atoms. The number of nitrogens with two attached hydrogens (primary N) is 1. The SMILES string of the molecule is Nc1ccc(F)c(F)c1OC1(C(F)(F)F)CCCNC1. The number of nitrogens with one attached hydrogen (secondary N) is 1. The second-order valence-electron chi connectivity index (χ2n) is 4.65. The van der Waals surface area contributed by atoms with Gasteiger partial charge in [0.1, 0.15) is 0 Å². The molecule has 0 aromatic heterocycles. The first-order valence-corrected chi connectivity index (χ1v) is 5.97. The molecule has 1 aliphatic rings. The Hall–Kier alpha value is -1.57. The molecule has 112 valence electrons. The number of nitrogen functional groups attached to an aromatic ring is 1. The van der Waals surface area contributed by atoms with Gasteiger partial charge in [-0.1, -0.05) is 0 Å². The van der Waals surface area contributed by atoms with Crippen molar-refractivity contribution in [2.75, 3.05) is 18.8 Å². The predicted octanol–water partition coefficient (Wildman–Crippen LogP) is 2.61. The summed E-state index contributed by atoms with van der Waals surface area (Å²) in [5, 5.41) is 2.55. The molecule has 3 N–H and O–H groups in total. The number of ether oxygens (including phenoxy) is 1. The highest BCUT2D eigenvalue weighted by Crippen LogP contribution is 2.41. The van der Waals surface area contributed by atoms with Crippen LogP contribution in [0.5, 0.6) is 5.75 Å². The molecule has 20 heavy (non-hydrogen) atoms. The smallest absolute Gasteiger partial charge is 0.429 e. The summed E-state index contributed by atoms with van der Waals surface area (Å²) in [6.07, 6.45) is -4.87. The Bertz CT molecular complexity index is 497. The minimum absolute atomic E-state index is 0.205. The molecule has 0 bridgehead atoms. The Morgan fingerprint density at radius 3 is 2.50 bits per heavy atom. The van der Waals surface area contributed by atoms with Crippen molar-refractivity contribution in [3.63, 3.8) is 0 Å². The molecule has 3 nitrogen and oxygen atoms in total. The van der Waals surface area contributed by atoms with Crippen LogP contribution in [0, 0.1) is 11.6 Å². The maximum atomic E-state index is 13.6. The van der Waals surface area contributed by atoms with Gasteiger partial charge in [-0.3, -0.25) is 0 Å². The molecule has 1 atom stereocenters. The second-order valence-corrected chi connectivity index (χ2v) is 4.65. The fourth-order valence-corrected chi connectivity index (χ4v) is 2.11. The van der Waals surface area contributed by atoms with E-state index in [2.05, 4.69) is 5.32 Å². The van der Waals surface area contributed by atoms with Gasteiger partial charge in [-0.25, -0.2) is 4.39 Å². The van der Waals surface area contributed by atoms with Crippen LogP contribution >= 0.6 is 0 Å². The fraction of sp³-hybridized carbons (Fsp3) is 0.500. The van der Waals surface area contributed by atoms with Gasteiger partial charge in [0.05, 0.1) is 5.69 Å². The molecule has 1 aromatic carbocycles. The number of anilines is 1. The topological polar surface area (TPSA) is 47.3 Å². The van der Waals surface area contributed by atoms with E-state index in [1.165, 1.54) is 0 Å². The van der Waals surface area contributed by atoms with Crippen molar-refractivity contribution in [3.05, 3.63) is 23.8 Å². The van der Waals surface area contributed by atoms with Crippen molar-refractivity contribution < 1.29 is 26.7 Å². The van der Waals surface area contributed by atoms with E-state index in [9.17, 15) is 22.0 Å². The molecule has 1 saturated heterocycles. The Kier molecular flexibility index (Phi) is 3.77. The third-order valence-electron chi connectivity index (χ3n) is 3.24. The van der Waals surface area contributed by atoms with Gasteiger partial charge >= 0.3 is 6.18 Å². The van der Waals surface area contributed by atoms with Crippen molar-refractivity contribution in [1.82, 2.24) is 5.32 Å². The lowest BCUT2D eigenvalue weighted by Gasteiger charge is -2.39. The lowest BCUT2D eigenvalue weighted by atomic mass is 9.93. The van der Waals surface area contributed by atoms with Crippen molar-refractivity contribution in [3.8, 4) is 5.75 Å². The lowest BCUT2D eigenvalue weighted by Crippen LogP contribution is -2.59. The van der Waals surface area contributed by atoms with E-state index < -0.39 is 35.7 Å². The van der Waals surface area contributed by atoms with Crippen LogP contribution in [0.25, 0.3) is 0 Å². The predicted molar refractivity (Wildman–Crippen MR) is 62.3 cm³/mol. The van der Waals surface area contributed by atoms with Crippen LogP contribution in [0.1, 0.15) is 12.8 Å². The minimum atomic E-state index is -4.73. The average Bonchev–Trinajstić information content (AvgIpc) is 2.39. The molecular weight excluding hydrogens is 283 g/mol. The van der Waals surface area contributed by atoms with Crippen LogP contribution in [-0.2, 0) is 0 Å². The number of hydrogen-bond donors (Lipinski definition) is 2. The zero-order chi connectivity index (χ0) is 15.0. The minimum Gasteiger partial charge on any atom is -0.471 e. The van der Waals surface area contributed by atoms with Gasteiger partial charge in [0, 0.05) is 6.54 Å². The highest BCUT2D eigenvalue weighted by Gasteiger charge is 2.58. The molecule has 1 heterocycles. The first-order chi connectivity index (χ1) is 9.27. The van der Waals surface area contributed by atoms with Gasteiger partial charge in [-0.05, 0) is 31.5 Å². The summed E-state index contributed by atoms with van der Waals surface area (Å²) >= 11 is 0. The molecule has 0 radical (unpaired) electrons. The maximum absolute atomic E-state index is 13.6. The molecule has 1 aromatic rings. The summed E-state index contributed by atoms with van der Waals surface area (Å²) in [6, 6.07) is 1.70. The van der Waals surface area contributed by atoms with E-state index in [4.69, 9.17) is 10.5 Å². The van der Waals surface area contributed by atoms with Crippen LogP contribution in [0.2, 0.25) is 0 Å². The number of halogens is 5. The molecule has 0 amide bonds. The quantitative estimate of drug-likeness (QED) is 0.651. The van der Waals surface area contributed by atoms with Crippen molar-refractivity contribution >= 4 is 5.69 Å². The average molecular weight is 296 g/mol. The molecule has 1 unspecified atom stereocenters. The van der Waals surface area contributed by atoms with E-state index >= 15 is 0 Å². The largest absolute Gasteiger partial charge is 0.471 e. The van der Waals surface area contributed by atoms with Crippen molar-refractivity contribution in [2.45, 2.75) is 24.6 Å². The highest BCUT2D eigenvalue weighted by molar-refractivity contribution is 5.53. The molecule has 1 aliphatic heterocycles. The first-order valence-electron chi connectivity index (χ1n) is 5.97. The van der Waals surface area contributed by atoms with Crippen LogP contribution in [0.3, 0.4) is 0 Å². The van der Waals surface area contributed by atoms with Gasteiger partial charge in [0.2, 0.25) is 11.4 Å². The maximum Gasteiger partial charge on any atom is 0.429 e. The van der Waals surface area contributed by atoms with E-state index in [0.29, 0.717) is 6.54 Å². The number of alkyl halides is 3. The molecular formula is C12H13F5N2O. The third kappa shape index (κ3) is 2.52. The monoisotopic (exact) mass is 296 g/mol. The zero-order valence-electron chi connectivity index (χ0n) is 10.4. The van der Waals surface area contributed by atoms with Crippen LogP contribution in [-0.4, -0.2) is 24.9 Å². The van der Waals surface area contributed by atoms with Crippen LogP contribution in [0.15, 0.2) is 12.1 Å². The molecule has 8 heteroatoms. The van der Waals surface area contributed by atoms with Crippen LogP contribution < -0.4 is 15.8 Å². The summed E-state index contributed by atoms with van der Waals surface area (Å²) in [5.74, 6) is -3.72. The summed E-state index contributed by atoms with van der Waals surface area (Å²) in [4.78, 5) is 0. The van der Waals surface area contributed by atoms with Crippen molar-refractivity contribution in [1.29, 1.82) is 0 Å². The van der Waals surface area contributed by atoms with Gasteiger partial charge in [-0.15, -0.1) is 0 Å². The zero-order valence-corrected chi connectivity index (χ0v) is 10.4. The fourth-order valence-electron chi connectivity index (χ4n) is 2.11. The lowest BCUT2D eigenvalue weighted by molar-refractivity contribution is -0.253. The molecule has 0 saturated carbocycles. The van der Waals surface area contributed by atoms with Gasteiger partial charge < -0.3 is 15.8 Å². The number of benzene rings is 1. The Morgan fingerprint density at radius 1 is 1.25 bits per heavy atom. The summed E-state index contributed by atoms with van der Waals surface area (Å²) in [6.45, 7) is -0.131. The summed E-state index contributed by atoms with van der Waals surface area (Å²) < 4.78 is 71.2. The summed E-state index contributed by atoms with van der Waals surface area (Å²) in [5.41, 5.74) is 2.41. The van der Waals surface area contributed by atoms with Gasteiger partial charge in [-0.2, -0.15) is 17.6 Å².